The van der Waals surface area contributed by atoms with Gasteiger partial charge in [-0.1, -0.05) is 54.6 Å². The second-order valence-corrected chi connectivity index (χ2v) is 7.65. The Morgan fingerprint density at radius 3 is 2.11 bits per heavy atom. The van der Waals surface area contributed by atoms with Crippen molar-refractivity contribution in [1.82, 2.24) is 14.7 Å². The van der Waals surface area contributed by atoms with Crippen molar-refractivity contribution >= 4 is 11.8 Å². The van der Waals surface area contributed by atoms with Crippen LogP contribution in [0.5, 0.6) is 0 Å². The van der Waals surface area contributed by atoms with Crippen molar-refractivity contribution in [3.63, 3.8) is 0 Å². The second-order valence-electron chi connectivity index (χ2n) is 7.65. The summed E-state index contributed by atoms with van der Waals surface area (Å²) in [5.74, 6) is -0.0885. The van der Waals surface area contributed by atoms with Gasteiger partial charge < -0.3 is 9.80 Å². The smallest absolute Gasteiger partial charge is 0.232 e. The molecule has 146 valence electrons. The molecule has 4 rings (SSSR count). The molecule has 5 nitrogen and oxygen atoms in total. The number of benzene rings is 2. The molecule has 2 amide bonds. The predicted molar refractivity (Wildman–Crippen MR) is 108 cm³/mol. The van der Waals surface area contributed by atoms with Gasteiger partial charge in [-0.15, -0.1) is 0 Å². The maximum absolute atomic E-state index is 12.6. The zero-order valence-electron chi connectivity index (χ0n) is 16.2. The molecule has 0 saturated carbocycles. The summed E-state index contributed by atoms with van der Waals surface area (Å²) >= 11 is 0. The molecule has 1 fully saturated rings. The van der Waals surface area contributed by atoms with E-state index in [1.165, 1.54) is 16.7 Å². The van der Waals surface area contributed by atoms with Crippen LogP contribution in [0.4, 0.5) is 0 Å². The van der Waals surface area contributed by atoms with E-state index in [9.17, 15) is 9.59 Å². The number of amides is 2. The molecular weight excluding hydrogens is 350 g/mol. The van der Waals surface area contributed by atoms with Gasteiger partial charge in [0.1, 0.15) is 6.42 Å². The third-order valence-corrected chi connectivity index (χ3v) is 5.76. The first-order chi connectivity index (χ1) is 13.7. The van der Waals surface area contributed by atoms with E-state index in [0.717, 1.165) is 26.1 Å². The molecule has 2 aromatic carbocycles. The van der Waals surface area contributed by atoms with Crippen LogP contribution in [0.15, 0.2) is 54.6 Å². The van der Waals surface area contributed by atoms with Gasteiger partial charge >= 0.3 is 0 Å². The highest BCUT2D eigenvalue weighted by Crippen LogP contribution is 2.19. The normalized spacial score (nSPS) is 17.3. The molecule has 0 aliphatic carbocycles. The largest absolute Gasteiger partial charge is 0.340 e. The van der Waals surface area contributed by atoms with E-state index in [2.05, 4.69) is 41.3 Å². The fourth-order valence-electron chi connectivity index (χ4n) is 4.06. The topological polar surface area (TPSA) is 43.9 Å². The molecule has 2 aliphatic heterocycles. The molecular formula is C23H27N3O2. The van der Waals surface area contributed by atoms with Gasteiger partial charge in [0.05, 0.1) is 0 Å². The molecule has 0 atom stereocenters. The lowest BCUT2D eigenvalue weighted by atomic mass is 10.00. The van der Waals surface area contributed by atoms with E-state index in [-0.39, 0.29) is 18.2 Å². The summed E-state index contributed by atoms with van der Waals surface area (Å²) in [4.78, 5) is 31.3. The minimum absolute atomic E-state index is 0.0130. The molecule has 0 unspecified atom stereocenters. The van der Waals surface area contributed by atoms with E-state index in [1.54, 1.807) is 0 Å². The van der Waals surface area contributed by atoms with Crippen LogP contribution in [-0.4, -0.2) is 59.2 Å². The van der Waals surface area contributed by atoms with Crippen LogP contribution >= 0.6 is 0 Å². The van der Waals surface area contributed by atoms with E-state index < -0.39 is 0 Å². The quantitative estimate of drug-likeness (QED) is 0.768. The Kier molecular flexibility index (Phi) is 5.72. The SMILES string of the molecule is O=C(CC(=O)N1CCc2ccccc2C1)N1CCN(Cc2ccccc2)CC1. The number of hydrogen-bond donors (Lipinski definition) is 0. The first kappa shape index (κ1) is 18.7. The van der Waals surface area contributed by atoms with Crippen LogP contribution in [0.1, 0.15) is 23.1 Å². The van der Waals surface area contributed by atoms with Crippen molar-refractivity contribution < 1.29 is 9.59 Å². The summed E-state index contributed by atoms with van der Waals surface area (Å²) in [5, 5.41) is 0. The lowest BCUT2D eigenvalue weighted by Gasteiger charge is -2.35. The van der Waals surface area contributed by atoms with Gasteiger partial charge in [-0.3, -0.25) is 14.5 Å². The van der Waals surface area contributed by atoms with Gasteiger partial charge in [0, 0.05) is 45.8 Å². The predicted octanol–water partition coefficient (Wildman–Crippen LogP) is 2.31. The highest BCUT2D eigenvalue weighted by Gasteiger charge is 2.26. The summed E-state index contributed by atoms with van der Waals surface area (Å²) in [6.45, 7) is 5.33. The number of fused-ring (bicyclic) bond motifs is 1. The Morgan fingerprint density at radius 2 is 1.36 bits per heavy atom. The van der Waals surface area contributed by atoms with Crippen molar-refractivity contribution in [2.24, 2.45) is 0 Å². The van der Waals surface area contributed by atoms with Crippen LogP contribution in [0.25, 0.3) is 0 Å². The lowest BCUT2D eigenvalue weighted by molar-refractivity contribution is -0.142. The number of carbonyl (C=O) groups is 2. The van der Waals surface area contributed by atoms with Crippen LogP contribution in [0.3, 0.4) is 0 Å². The zero-order chi connectivity index (χ0) is 19.3. The highest BCUT2D eigenvalue weighted by atomic mass is 16.2. The van der Waals surface area contributed by atoms with E-state index in [4.69, 9.17) is 0 Å². The maximum Gasteiger partial charge on any atom is 0.232 e. The molecule has 0 aromatic heterocycles. The summed E-state index contributed by atoms with van der Waals surface area (Å²) < 4.78 is 0. The lowest BCUT2D eigenvalue weighted by Crippen LogP contribution is -2.49. The van der Waals surface area contributed by atoms with Gasteiger partial charge in [0.25, 0.3) is 0 Å². The van der Waals surface area contributed by atoms with E-state index in [1.807, 2.05) is 28.0 Å². The van der Waals surface area contributed by atoms with E-state index >= 15 is 0 Å². The molecule has 5 heteroatoms. The standard InChI is InChI=1S/C23H27N3O2/c27-22(16-23(28)26-11-10-20-8-4-5-9-21(20)18-26)25-14-12-24(13-15-25)17-19-6-2-1-3-7-19/h1-9H,10-18H2. The minimum atomic E-state index is -0.0498. The summed E-state index contributed by atoms with van der Waals surface area (Å²) in [6.07, 6.45) is 0.856. The second kappa shape index (κ2) is 8.57. The maximum atomic E-state index is 12.6. The molecule has 2 heterocycles. The monoisotopic (exact) mass is 377 g/mol. The molecule has 28 heavy (non-hydrogen) atoms. The number of carbonyl (C=O) groups excluding carboxylic acids is 2. The van der Waals surface area contributed by atoms with Gasteiger partial charge in [-0.25, -0.2) is 0 Å². The van der Waals surface area contributed by atoms with Crippen LogP contribution in [0, 0.1) is 0 Å². The van der Waals surface area contributed by atoms with Crippen molar-refractivity contribution in [2.75, 3.05) is 32.7 Å². The Morgan fingerprint density at radius 1 is 0.714 bits per heavy atom. The van der Waals surface area contributed by atoms with Crippen molar-refractivity contribution in [1.29, 1.82) is 0 Å². The van der Waals surface area contributed by atoms with Crippen LogP contribution in [0.2, 0.25) is 0 Å². The van der Waals surface area contributed by atoms with Crippen molar-refractivity contribution in [2.45, 2.75) is 25.9 Å². The molecule has 0 N–H and O–H groups in total. The van der Waals surface area contributed by atoms with Gasteiger partial charge in [0.15, 0.2) is 0 Å². The third-order valence-electron chi connectivity index (χ3n) is 5.76. The molecule has 0 radical (unpaired) electrons. The first-order valence-corrected chi connectivity index (χ1v) is 10.1. The first-order valence-electron chi connectivity index (χ1n) is 10.1. The van der Waals surface area contributed by atoms with Crippen molar-refractivity contribution in [3.8, 4) is 0 Å². The fraction of sp³-hybridized carbons (Fsp3) is 0.391. The van der Waals surface area contributed by atoms with Crippen LogP contribution < -0.4 is 0 Å². The summed E-state index contributed by atoms with van der Waals surface area (Å²) in [5.41, 5.74) is 3.80. The zero-order valence-corrected chi connectivity index (χ0v) is 16.2. The van der Waals surface area contributed by atoms with Gasteiger partial charge in [-0.05, 0) is 23.1 Å². The number of rotatable bonds is 4. The average molecular weight is 377 g/mol. The minimum Gasteiger partial charge on any atom is -0.340 e. The fourth-order valence-corrected chi connectivity index (χ4v) is 4.06. The molecule has 2 aliphatic rings. The Balaban J connectivity index is 1.25. The summed E-state index contributed by atoms with van der Waals surface area (Å²) in [7, 11) is 0. The van der Waals surface area contributed by atoms with Crippen LogP contribution in [-0.2, 0) is 29.1 Å². The molecule has 1 saturated heterocycles. The van der Waals surface area contributed by atoms with Gasteiger partial charge in [-0.2, -0.15) is 0 Å². The highest BCUT2D eigenvalue weighted by molar-refractivity contribution is 5.97. The molecule has 0 spiro atoms. The van der Waals surface area contributed by atoms with Crippen molar-refractivity contribution in [3.05, 3.63) is 71.3 Å². The Bertz CT molecular complexity index is 829. The molecule has 0 bridgehead atoms. The number of piperazine rings is 1. The third kappa shape index (κ3) is 4.42. The van der Waals surface area contributed by atoms with Gasteiger partial charge in [0.2, 0.25) is 11.8 Å². The molecule has 2 aromatic rings. The average Bonchev–Trinajstić information content (AvgIpc) is 2.74. The number of hydrogen-bond acceptors (Lipinski definition) is 3. The Labute approximate surface area is 166 Å². The Hall–Kier alpha value is -2.66. The summed E-state index contributed by atoms with van der Waals surface area (Å²) in [6, 6.07) is 18.6. The number of nitrogens with zero attached hydrogens (tertiary/aromatic N) is 3. The van der Waals surface area contributed by atoms with E-state index in [0.29, 0.717) is 26.2 Å².